The molecule has 0 saturated carbocycles. The molecular weight excluding hydrogens is 184 g/mol. The SMILES string of the molecule is COC(=O)c1cc[c]cc1OC(C)=O. The maximum absolute atomic E-state index is 11.2. The molecule has 1 rings (SSSR count). The summed E-state index contributed by atoms with van der Waals surface area (Å²) in [5.41, 5.74) is 0.210. The van der Waals surface area contributed by atoms with E-state index in [1.165, 1.54) is 26.2 Å². The maximum Gasteiger partial charge on any atom is 0.341 e. The third kappa shape index (κ3) is 2.32. The molecule has 0 aliphatic carbocycles. The van der Waals surface area contributed by atoms with Gasteiger partial charge >= 0.3 is 11.9 Å². The van der Waals surface area contributed by atoms with E-state index in [1.807, 2.05) is 0 Å². The highest BCUT2D eigenvalue weighted by Crippen LogP contribution is 2.18. The van der Waals surface area contributed by atoms with E-state index in [0.717, 1.165) is 0 Å². The Balaban J connectivity index is 3.02. The second-order valence-electron chi connectivity index (χ2n) is 2.51. The molecule has 0 aliphatic heterocycles. The predicted molar refractivity (Wildman–Crippen MR) is 47.9 cm³/mol. The highest BCUT2D eigenvalue weighted by atomic mass is 16.5. The average Bonchev–Trinajstić information content (AvgIpc) is 2.16. The molecule has 73 valence electrons. The molecule has 0 N–H and O–H groups in total. The predicted octanol–water partition coefficient (Wildman–Crippen LogP) is 1.20. The Kier molecular flexibility index (Phi) is 3.23. The normalized spacial score (nSPS) is 9.29. The molecule has 14 heavy (non-hydrogen) atoms. The van der Waals surface area contributed by atoms with Crippen molar-refractivity contribution in [3.63, 3.8) is 0 Å². The zero-order valence-electron chi connectivity index (χ0n) is 7.87. The third-order valence-electron chi connectivity index (χ3n) is 1.49. The van der Waals surface area contributed by atoms with Crippen LogP contribution in [0.15, 0.2) is 18.2 Å². The summed E-state index contributed by atoms with van der Waals surface area (Å²) in [5.74, 6) is -0.878. The number of hydrogen-bond acceptors (Lipinski definition) is 4. The second-order valence-corrected chi connectivity index (χ2v) is 2.51. The lowest BCUT2D eigenvalue weighted by molar-refractivity contribution is -0.131. The zero-order chi connectivity index (χ0) is 10.6. The Bertz CT molecular complexity index is 357. The van der Waals surface area contributed by atoms with Gasteiger partial charge in [-0.2, -0.15) is 0 Å². The molecule has 0 aromatic heterocycles. The zero-order valence-corrected chi connectivity index (χ0v) is 7.87. The third-order valence-corrected chi connectivity index (χ3v) is 1.49. The molecule has 0 saturated heterocycles. The van der Waals surface area contributed by atoms with E-state index < -0.39 is 11.9 Å². The summed E-state index contributed by atoms with van der Waals surface area (Å²) in [5, 5.41) is 0. The Morgan fingerprint density at radius 3 is 2.71 bits per heavy atom. The summed E-state index contributed by atoms with van der Waals surface area (Å²) >= 11 is 0. The minimum absolute atomic E-state index is 0.159. The molecule has 0 atom stereocenters. The van der Waals surface area contributed by atoms with Gasteiger partial charge in [0.1, 0.15) is 11.3 Å². The Morgan fingerprint density at radius 2 is 2.14 bits per heavy atom. The van der Waals surface area contributed by atoms with Crippen LogP contribution in [-0.4, -0.2) is 19.0 Å². The molecule has 0 fully saturated rings. The number of hydrogen-bond donors (Lipinski definition) is 0. The van der Waals surface area contributed by atoms with Crippen LogP contribution in [0, 0.1) is 6.07 Å². The average molecular weight is 193 g/mol. The molecule has 0 bridgehead atoms. The van der Waals surface area contributed by atoms with Crippen LogP contribution in [-0.2, 0) is 9.53 Å². The van der Waals surface area contributed by atoms with Crippen LogP contribution in [0.5, 0.6) is 5.75 Å². The van der Waals surface area contributed by atoms with Crippen LogP contribution in [0.3, 0.4) is 0 Å². The van der Waals surface area contributed by atoms with Crippen molar-refractivity contribution in [1.82, 2.24) is 0 Å². The molecule has 0 aliphatic rings. The lowest BCUT2D eigenvalue weighted by Crippen LogP contribution is -2.08. The van der Waals surface area contributed by atoms with Crippen molar-refractivity contribution in [2.45, 2.75) is 6.92 Å². The molecule has 4 nitrogen and oxygen atoms in total. The van der Waals surface area contributed by atoms with E-state index in [2.05, 4.69) is 10.8 Å². The summed E-state index contributed by atoms with van der Waals surface area (Å²) < 4.78 is 9.31. The van der Waals surface area contributed by atoms with Gasteiger partial charge in [-0.05, 0) is 18.2 Å². The topological polar surface area (TPSA) is 52.6 Å². The molecule has 0 spiro atoms. The number of rotatable bonds is 2. The Hall–Kier alpha value is -1.84. The smallest absolute Gasteiger partial charge is 0.341 e. The molecule has 0 unspecified atom stereocenters. The number of ether oxygens (including phenoxy) is 2. The van der Waals surface area contributed by atoms with Gasteiger partial charge in [0.2, 0.25) is 0 Å². The molecule has 1 aromatic carbocycles. The first kappa shape index (κ1) is 10.2. The number of esters is 2. The minimum atomic E-state index is -0.546. The molecule has 1 radical (unpaired) electrons. The van der Waals surface area contributed by atoms with E-state index in [-0.39, 0.29) is 11.3 Å². The van der Waals surface area contributed by atoms with Crippen molar-refractivity contribution in [1.29, 1.82) is 0 Å². The van der Waals surface area contributed by atoms with Crippen molar-refractivity contribution in [3.8, 4) is 5.75 Å². The lowest BCUT2D eigenvalue weighted by Gasteiger charge is -2.05. The van der Waals surface area contributed by atoms with Crippen LogP contribution in [0.25, 0.3) is 0 Å². The fourth-order valence-corrected chi connectivity index (χ4v) is 0.933. The van der Waals surface area contributed by atoms with Crippen LogP contribution in [0.1, 0.15) is 17.3 Å². The van der Waals surface area contributed by atoms with Crippen molar-refractivity contribution < 1.29 is 19.1 Å². The monoisotopic (exact) mass is 193 g/mol. The van der Waals surface area contributed by atoms with Crippen LogP contribution < -0.4 is 4.74 Å². The molecule has 0 amide bonds. The highest BCUT2D eigenvalue weighted by molar-refractivity contribution is 5.93. The van der Waals surface area contributed by atoms with Gasteiger partial charge in [-0.1, -0.05) is 6.07 Å². The fourth-order valence-electron chi connectivity index (χ4n) is 0.933. The first-order valence-electron chi connectivity index (χ1n) is 3.92. The van der Waals surface area contributed by atoms with Crippen molar-refractivity contribution >= 4 is 11.9 Å². The van der Waals surface area contributed by atoms with Gasteiger partial charge in [0, 0.05) is 6.92 Å². The van der Waals surface area contributed by atoms with E-state index in [4.69, 9.17) is 4.74 Å². The van der Waals surface area contributed by atoms with E-state index in [9.17, 15) is 9.59 Å². The summed E-state index contributed by atoms with van der Waals surface area (Å²) in [4.78, 5) is 21.9. The second kappa shape index (κ2) is 4.41. The van der Waals surface area contributed by atoms with Gasteiger partial charge in [-0.15, -0.1) is 0 Å². The minimum Gasteiger partial charge on any atom is -0.465 e. The van der Waals surface area contributed by atoms with Gasteiger partial charge in [0.15, 0.2) is 0 Å². The van der Waals surface area contributed by atoms with Crippen LogP contribution in [0.4, 0.5) is 0 Å². The van der Waals surface area contributed by atoms with Gasteiger partial charge in [0.05, 0.1) is 7.11 Å². The van der Waals surface area contributed by atoms with Gasteiger partial charge in [0.25, 0.3) is 0 Å². The lowest BCUT2D eigenvalue weighted by atomic mass is 10.2. The number of benzene rings is 1. The molecule has 0 heterocycles. The summed E-state index contributed by atoms with van der Waals surface area (Å²) in [6, 6.07) is 7.13. The maximum atomic E-state index is 11.2. The van der Waals surface area contributed by atoms with Gasteiger partial charge < -0.3 is 9.47 Å². The van der Waals surface area contributed by atoms with Gasteiger partial charge in [-0.3, -0.25) is 4.79 Å². The van der Waals surface area contributed by atoms with Gasteiger partial charge in [-0.25, -0.2) is 4.79 Å². The first-order chi connectivity index (χ1) is 6.65. The number of carbonyl (C=O) groups excluding carboxylic acids is 2. The number of carbonyl (C=O) groups is 2. The summed E-state index contributed by atoms with van der Waals surface area (Å²) in [7, 11) is 1.26. The molecular formula is C10H9O4. The fraction of sp³-hybridized carbons (Fsp3) is 0.200. The summed E-state index contributed by atoms with van der Waals surface area (Å²) in [6.45, 7) is 1.26. The Morgan fingerprint density at radius 1 is 1.43 bits per heavy atom. The van der Waals surface area contributed by atoms with E-state index >= 15 is 0 Å². The quantitative estimate of drug-likeness (QED) is 0.523. The van der Waals surface area contributed by atoms with E-state index in [0.29, 0.717) is 0 Å². The number of methoxy groups -OCH3 is 1. The van der Waals surface area contributed by atoms with Crippen molar-refractivity contribution in [2.24, 2.45) is 0 Å². The summed E-state index contributed by atoms with van der Waals surface area (Å²) in [6.07, 6.45) is 0. The standard InChI is InChI=1S/C10H9O4/c1-7(11)14-9-6-4-3-5-8(9)10(12)13-2/h3,5-6H,1-2H3. The largest absolute Gasteiger partial charge is 0.465 e. The highest BCUT2D eigenvalue weighted by Gasteiger charge is 2.13. The molecule has 1 aromatic rings. The molecule has 4 heteroatoms. The van der Waals surface area contributed by atoms with Crippen LogP contribution in [0.2, 0.25) is 0 Å². The van der Waals surface area contributed by atoms with Crippen molar-refractivity contribution in [3.05, 3.63) is 29.8 Å². The Labute approximate surface area is 81.4 Å². The van der Waals surface area contributed by atoms with Crippen LogP contribution >= 0.6 is 0 Å². The first-order valence-corrected chi connectivity index (χ1v) is 3.92. The van der Waals surface area contributed by atoms with Crippen molar-refractivity contribution in [2.75, 3.05) is 7.11 Å². The van der Waals surface area contributed by atoms with E-state index in [1.54, 1.807) is 6.07 Å².